The molecule has 0 bridgehead atoms. The molecule has 0 amide bonds. The van der Waals surface area contributed by atoms with Gasteiger partial charge in [-0.2, -0.15) is 4.98 Å². The van der Waals surface area contributed by atoms with E-state index in [9.17, 15) is 0 Å². The molecule has 2 unspecified atom stereocenters. The molecular formula is C9H13ClN2OS. The van der Waals surface area contributed by atoms with E-state index in [0.717, 1.165) is 12.2 Å². The molecule has 1 saturated heterocycles. The summed E-state index contributed by atoms with van der Waals surface area (Å²) in [6.07, 6.45) is 2.34. The van der Waals surface area contributed by atoms with Gasteiger partial charge in [-0.1, -0.05) is 5.16 Å². The average Bonchev–Trinajstić information content (AvgIpc) is 2.71. The zero-order valence-corrected chi connectivity index (χ0v) is 9.86. The van der Waals surface area contributed by atoms with Gasteiger partial charge in [0.1, 0.15) is 5.38 Å². The summed E-state index contributed by atoms with van der Waals surface area (Å²) in [5.74, 6) is 2.49. The number of aromatic nitrogens is 2. The smallest absolute Gasteiger partial charge is 0.244 e. The highest BCUT2D eigenvalue weighted by Crippen LogP contribution is 2.45. The van der Waals surface area contributed by atoms with Crippen LogP contribution < -0.4 is 0 Å². The molecule has 1 fully saturated rings. The van der Waals surface area contributed by atoms with Crippen molar-refractivity contribution in [2.45, 2.75) is 36.8 Å². The zero-order chi connectivity index (χ0) is 10.2. The molecule has 5 heteroatoms. The Morgan fingerprint density at radius 1 is 1.64 bits per heavy atom. The molecule has 78 valence electrons. The van der Waals surface area contributed by atoms with Crippen molar-refractivity contribution < 1.29 is 4.52 Å². The van der Waals surface area contributed by atoms with Crippen molar-refractivity contribution >= 4 is 23.4 Å². The second-order valence-corrected chi connectivity index (χ2v) is 6.01. The van der Waals surface area contributed by atoms with Gasteiger partial charge in [0.15, 0.2) is 5.82 Å². The van der Waals surface area contributed by atoms with E-state index in [1.165, 1.54) is 12.2 Å². The Hall–Kier alpha value is -0.220. The SMILES string of the molecule is CC(Cl)c1nc(C2(C)CCCS2)no1. The van der Waals surface area contributed by atoms with Crippen molar-refractivity contribution in [3.05, 3.63) is 11.7 Å². The Labute approximate surface area is 92.6 Å². The van der Waals surface area contributed by atoms with E-state index in [1.807, 2.05) is 18.7 Å². The summed E-state index contributed by atoms with van der Waals surface area (Å²) in [6.45, 7) is 4.00. The normalized spacial score (nSPS) is 29.4. The van der Waals surface area contributed by atoms with Crippen LogP contribution in [0.1, 0.15) is 43.8 Å². The molecule has 0 radical (unpaired) electrons. The van der Waals surface area contributed by atoms with E-state index in [1.54, 1.807) is 0 Å². The molecule has 2 rings (SSSR count). The Balaban J connectivity index is 2.23. The number of thioether (sulfide) groups is 1. The van der Waals surface area contributed by atoms with E-state index in [0.29, 0.717) is 5.89 Å². The molecule has 3 nitrogen and oxygen atoms in total. The van der Waals surface area contributed by atoms with Crippen molar-refractivity contribution in [1.82, 2.24) is 10.1 Å². The van der Waals surface area contributed by atoms with Gasteiger partial charge in [0.2, 0.25) is 5.89 Å². The number of hydrogen-bond donors (Lipinski definition) is 0. The van der Waals surface area contributed by atoms with Crippen LogP contribution >= 0.6 is 23.4 Å². The van der Waals surface area contributed by atoms with Crippen molar-refractivity contribution in [1.29, 1.82) is 0 Å². The second kappa shape index (κ2) is 3.74. The first-order valence-corrected chi connectivity index (χ1v) is 6.16. The lowest BCUT2D eigenvalue weighted by Gasteiger charge is -2.16. The number of nitrogens with zero attached hydrogens (tertiary/aromatic N) is 2. The quantitative estimate of drug-likeness (QED) is 0.735. The van der Waals surface area contributed by atoms with E-state index < -0.39 is 0 Å². The van der Waals surface area contributed by atoms with Crippen molar-refractivity contribution in [3.8, 4) is 0 Å². The molecule has 0 spiro atoms. The molecular weight excluding hydrogens is 220 g/mol. The minimum absolute atomic E-state index is 0.0352. The number of hydrogen-bond acceptors (Lipinski definition) is 4. The van der Waals surface area contributed by atoms with E-state index in [-0.39, 0.29) is 10.1 Å². The van der Waals surface area contributed by atoms with Crippen LogP contribution in [0.3, 0.4) is 0 Å². The molecule has 0 saturated carbocycles. The molecule has 0 aliphatic carbocycles. The molecule has 2 heterocycles. The first-order valence-electron chi connectivity index (χ1n) is 4.74. The van der Waals surface area contributed by atoms with Crippen molar-refractivity contribution in [2.75, 3.05) is 5.75 Å². The standard InChI is InChI=1S/C9H13ClN2OS/c1-6(10)7-11-8(12-13-7)9(2)4-3-5-14-9/h6H,3-5H2,1-2H3. The minimum Gasteiger partial charge on any atom is -0.338 e. The topological polar surface area (TPSA) is 38.9 Å². The molecule has 1 aliphatic heterocycles. The summed E-state index contributed by atoms with van der Waals surface area (Å²) in [4.78, 5) is 4.33. The summed E-state index contributed by atoms with van der Waals surface area (Å²) in [5.41, 5.74) is 0. The van der Waals surface area contributed by atoms with Crippen LogP contribution in [-0.2, 0) is 4.75 Å². The molecule has 0 aromatic carbocycles. The van der Waals surface area contributed by atoms with E-state index >= 15 is 0 Å². The number of rotatable bonds is 2. The predicted molar refractivity (Wildman–Crippen MR) is 57.6 cm³/mol. The van der Waals surface area contributed by atoms with Crippen LogP contribution in [0, 0.1) is 0 Å². The Bertz CT molecular complexity index is 320. The Kier molecular flexibility index (Phi) is 2.75. The van der Waals surface area contributed by atoms with Crippen LogP contribution in [0.2, 0.25) is 0 Å². The fourth-order valence-corrected chi connectivity index (χ4v) is 2.90. The minimum atomic E-state index is -0.203. The van der Waals surface area contributed by atoms with Crippen LogP contribution in [0.5, 0.6) is 0 Å². The second-order valence-electron chi connectivity index (χ2n) is 3.76. The van der Waals surface area contributed by atoms with Gasteiger partial charge < -0.3 is 4.52 Å². The van der Waals surface area contributed by atoms with Crippen LogP contribution in [0.4, 0.5) is 0 Å². The van der Waals surface area contributed by atoms with Gasteiger partial charge in [0.05, 0.1) is 4.75 Å². The van der Waals surface area contributed by atoms with Crippen LogP contribution in [0.25, 0.3) is 0 Å². The van der Waals surface area contributed by atoms with Crippen LogP contribution in [0.15, 0.2) is 4.52 Å². The summed E-state index contributed by atoms with van der Waals surface area (Å²) >= 11 is 7.76. The van der Waals surface area contributed by atoms with Gasteiger partial charge in [0.25, 0.3) is 0 Å². The van der Waals surface area contributed by atoms with Crippen molar-refractivity contribution in [3.63, 3.8) is 0 Å². The maximum Gasteiger partial charge on any atom is 0.244 e. The van der Waals surface area contributed by atoms with Gasteiger partial charge in [-0.3, -0.25) is 0 Å². The predicted octanol–water partition coefficient (Wildman–Crippen LogP) is 3.11. The summed E-state index contributed by atoms with van der Waals surface area (Å²) in [6, 6.07) is 0. The maximum absolute atomic E-state index is 5.87. The monoisotopic (exact) mass is 232 g/mol. The highest BCUT2D eigenvalue weighted by molar-refractivity contribution is 8.00. The maximum atomic E-state index is 5.87. The third kappa shape index (κ3) is 1.77. The fourth-order valence-electron chi connectivity index (χ4n) is 1.57. The molecule has 1 aromatic heterocycles. The highest BCUT2D eigenvalue weighted by Gasteiger charge is 2.36. The largest absolute Gasteiger partial charge is 0.338 e. The number of halogens is 1. The lowest BCUT2D eigenvalue weighted by molar-refractivity contribution is 0.368. The third-order valence-electron chi connectivity index (χ3n) is 2.47. The van der Waals surface area contributed by atoms with Crippen LogP contribution in [-0.4, -0.2) is 15.9 Å². The molecule has 1 aliphatic rings. The van der Waals surface area contributed by atoms with E-state index in [2.05, 4.69) is 17.1 Å². The molecule has 2 atom stereocenters. The van der Waals surface area contributed by atoms with Gasteiger partial charge >= 0.3 is 0 Å². The molecule has 14 heavy (non-hydrogen) atoms. The lowest BCUT2D eigenvalue weighted by Crippen LogP contribution is -2.14. The molecule has 0 N–H and O–H groups in total. The first-order chi connectivity index (χ1) is 6.62. The lowest BCUT2D eigenvalue weighted by atomic mass is 10.1. The summed E-state index contributed by atoms with van der Waals surface area (Å²) in [5, 5.41) is 3.80. The Morgan fingerprint density at radius 2 is 2.43 bits per heavy atom. The van der Waals surface area contributed by atoms with Gasteiger partial charge in [-0.05, 0) is 32.4 Å². The summed E-state index contributed by atoms with van der Waals surface area (Å²) < 4.78 is 5.13. The zero-order valence-electron chi connectivity index (χ0n) is 8.29. The van der Waals surface area contributed by atoms with Gasteiger partial charge in [0, 0.05) is 0 Å². The Morgan fingerprint density at radius 3 is 2.93 bits per heavy atom. The molecule has 1 aromatic rings. The highest BCUT2D eigenvalue weighted by atomic mass is 35.5. The summed E-state index contributed by atoms with van der Waals surface area (Å²) in [7, 11) is 0. The van der Waals surface area contributed by atoms with E-state index in [4.69, 9.17) is 16.1 Å². The van der Waals surface area contributed by atoms with Crippen molar-refractivity contribution in [2.24, 2.45) is 0 Å². The third-order valence-corrected chi connectivity index (χ3v) is 4.18. The first kappa shape index (κ1) is 10.3. The number of alkyl halides is 1. The van der Waals surface area contributed by atoms with Gasteiger partial charge in [-0.25, -0.2) is 0 Å². The van der Waals surface area contributed by atoms with Gasteiger partial charge in [-0.15, -0.1) is 23.4 Å². The fraction of sp³-hybridized carbons (Fsp3) is 0.778. The average molecular weight is 233 g/mol.